The smallest absolute Gasteiger partial charge is 0.242 e. The molecular weight excluding hydrogens is 362 g/mol. The van der Waals surface area contributed by atoms with Gasteiger partial charge >= 0.3 is 0 Å². The highest BCUT2D eigenvalue weighted by molar-refractivity contribution is 9.11. The maximum absolute atomic E-state index is 12.4. The van der Waals surface area contributed by atoms with Crippen LogP contribution in [0.3, 0.4) is 0 Å². The van der Waals surface area contributed by atoms with E-state index in [0.29, 0.717) is 10.3 Å². The molecule has 0 aliphatic carbocycles. The Morgan fingerprint density at radius 1 is 1.50 bits per heavy atom. The van der Waals surface area contributed by atoms with E-state index >= 15 is 0 Å². The topological polar surface area (TPSA) is 75.4 Å². The predicted molar refractivity (Wildman–Crippen MR) is 85.4 cm³/mol. The first kappa shape index (κ1) is 16.4. The van der Waals surface area contributed by atoms with Gasteiger partial charge in [-0.1, -0.05) is 0 Å². The van der Waals surface area contributed by atoms with Crippen LogP contribution in [0.4, 0.5) is 0 Å². The second-order valence-corrected chi connectivity index (χ2v) is 9.22. The van der Waals surface area contributed by atoms with Gasteiger partial charge < -0.3 is 10.6 Å². The normalized spacial score (nSPS) is 18.6. The van der Waals surface area contributed by atoms with E-state index < -0.39 is 10.0 Å². The molecule has 5 nitrogen and oxygen atoms in total. The molecule has 0 spiro atoms. The van der Waals surface area contributed by atoms with Gasteiger partial charge in [0, 0.05) is 24.0 Å². The zero-order valence-electron chi connectivity index (χ0n) is 11.4. The van der Waals surface area contributed by atoms with Crippen molar-refractivity contribution in [1.29, 1.82) is 0 Å². The van der Waals surface area contributed by atoms with Crippen LogP contribution in [0, 0.1) is 0 Å². The minimum atomic E-state index is -3.49. The van der Waals surface area contributed by atoms with Crippen LogP contribution in [0.15, 0.2) is 14.7 Å². The van der Waals surface area contributed by atoms with Crippen LogP contribution in [-0.4, -0.2) is 39.0 Å². The SMILES string of the molecule is CC(CN1CCCC1)NS(=O)(=O)c1cc(CN)sc1Br. The highest BCUT2D eigenvalue weighted by Crippen LogP contribution is 2.31. The highest BCUT2D eigenvalue weighted by Gasteiger charge is 2.24. The van der Waals surface area contributed by atoms with Gasteiger partial charge in [-0.05, 0) is 54.9 Å². The summed E-state index contributed by atoms with van der Waals surface area (Å²) >= 11 is 4.67. The van der Waals surface area contributed by atoms with Crippen molar-refractivity contribution < 1.29 is 8.42 Å². The fourth-order valence-corrected chi connectivity index (χ4v) is 6.20. The molecule has 1 atom stereocenters. The predicted octanol–water partition coefficient (Wildman–Crippen LogP) is 1.73. The lowest BCUT2D eigenvalue weighted by atomic mass is 10.3. The molecule has 20 heavy (non-hydrogen) atoms. The van der Waals surface area contributed by atoms with Crippen LogP contribution in [0.25, 0.3) is 0 Å². The molecule has 1 aliphatic heterocycles. The first-order valence-electron chi connectivity index (χ1n) is 6.65. The minimum Gasteiger partial charge on any atom is -0.326 e. The largest absolute Gasteiger partial charge is 0.326 e. The molecule has 1 unspecified atom stereocenters. The average molecular weight is 382 g/mol. The van der Waals surface area contributed by atoms with Gasteiger partial charge in [-0.25, -0.2) is 13.1 Å². The Kier molecular flexibility index (Phi) is 5.61. The molecule has 1 aliphatic rings. The molecule has 2 heterocycles. The molecule has 1 aromatic rings. The number of sulfonamides is 1. The summed E-state index contributed by atoms with van der Waals surface area (Å²) in [5.41, 5.74) is 5.55. The molecule has 0 saturated carbocycles. The van der Waals surface area contributed by atoms with E-state index in [-0.39, 0.29) is 10.9 Å². The molecule has 114 valence electrons. The van der Waals surface area contributed by atoms with E-state index in [2.05, 4.69) is 25.6 Å². The molecule has 1 fully saturated rings. The van der Waals surface area contributed by atoms with Crippen molar-refractivity contribution in [1.82, 2.24) is 9.62 Å². The van der Waals surface area contributed by atoms with E-state index in [0.717, 1.165) is 24.5 Å². The second kappa shape index (κ2) is 6.85. The molecule has 1 saturated heterocycles. The van der Waals surface area contributed by atoms with Gasteiger partial charge in [0.2, 0.25) is 10.0 Å². The summed E-state index contributed by atoms with van der Waals surface area (Å²) in [5, 5.41) is 0. The molecule has 0 aromatic carbocycles. The van der Waals surface area contributed by atoms with Gasteiger partial charge in [-0.3, -0.25) is 0 Å². The van der Waals surface area contributed by atoms with Crippen LogP contribution >= 0.6 is 27.3 Å². The summed E-state index contributed by atoms with van der Waals surface area (Å²) in [6.45, 7) is 5.13. The quantitative estimate of drug-likeness (QED) is 0.786. The molecule has 0 radical (unpaired) electrons. The third-order valence-corrected chi connectivity index (χ3v) is 7.15. The number of hydrogen-bond acceptors (Lipinski definition) is 5. The summed E-state index contributed by atoms with van der Waals surface area (Å²) in [6, 6.07) is 1.53. The Hall–Kier alpha value is 0.01000. The summed E-state index contributed by atoms with van der Waals surface area (Å²) in [4.78, 5) is 3.43. The van der Waals surface area contributed by atoms with Crippen molar-refractivity contribution in [2.24, 2.45) is 5.73 Å². The number of nitrogens with two attached hydrogens (primary N) is 1. The van der Waals surface area contributed by atoms with Crippen LogP contribution in [0.1, 0.15) is 24.6 Å². The fourth-order valence-electron chi connectivity index (χ4n) is 2.40. The van der Waals surface area contributed by atoms with Gasteiger partial charge in [0.05, 0.1) is 3.79 Å². The fraction of sp³-hybridized carbons (Fsp3) is 0.667. The Morgan fingerprint density at radius 3 is 2.70 bits per heavy atom. The van der Waals surface area contributed by atoms with Gasteiger partial charge in [0.15, 0.2) is 0 Å². The van der Waals surface area contributed by atoms with Crippen LogP contribution < -0.4 is 10.5 Å². The van der Waals surface area contributed by atoms with E-state index in [1.807, 2.05) is 6.92 Å². The third-order valence-electron chi connectivity index (χ3n) is 3.28. The summed E-state index contributed by atoms with van der Waals surface area (Å²) in [7, 11) is -3.49. The van der Waals surface area contributed by atoms with Crippen molar-refractivity contribution in [2.45, 2.75) is 37.2 Å². The van der Waals surface area contributed by atoms with Crippen LogP contribution in [-0.2, 0) is 16.6 Å². The third kappa shape index (κ3) is 4.02. The molecule has 0 amide bonds. The number of hydrogen-bond donors (Lipinski definition) is 2. The molecule has 1 aromatic heterocycles. The van der Waals surface area contributed by atoms with E-state index in [1.54, 1.807) is 6.07 Å². The van der Waals surface area contributed by atoms with Crippen LogP contribution in [0.2, 0.25) is 0 Å². The number of likely N-dealkylation sites (tertiary alicyclic amines) is 1. The lowest BCUT2D eigenvalue weighted by Crippen LogP contribution is -2.40. The monoisotopic (exact) mass is 381 g/mol. The van der Waals surface area contributed by atoms with Crippen molar-refractivity contribution in [2.75, 3.05) is 19.6 Å². The van der Waals surface area contributed by atoms with Crippen molar-refractivity contribution in [3.63, 3.8) is 0 Å². The second-order valence-electron chi connectivity index (χ2n) is 5.08. The van der Waals surface area contributed by atoms with E-state index in [4.69, 9.17) is 5.73 Å². The van der Waals surface area contributed by atoms with Gasteiger partial charge in [0.25, 0.3) is 0 Å². The number of halogens is 1. The Labute approximate surface area is 132 Å². The molecule has 8 heteroatoms. The Balaban J connectivity index is 2.03. The zero-order valence-corrected chi connectivity index (χ0v) is 14.7. The lowest BCUT2D eigenvalue weighted by molar-refractivity contribution is 0.313. The van der Waals surface area contributed by atoms with Crippen molar-refractivity contribution in [3.05, 3.63) is 14.7 Å². The number of nitrogens with zero attached hydrogens (tertiary/aromatic N) is 1. The highest BCUT2D eigenvalue weighted by atomic mass is 79.9. The first-order valence-corrected chi connectivity index (χ1v) is 9.74. The average Bonchev–Trinajstić information content (AvgIpc) is 2.97. The van der Waals surface area contributed by atoms with Crippen molar-refractivity contribution >= 4 is 37.3 Å². The summed E-state index contributed by atoms with van der Waals surface area (Å²) in [5.74, 6) is 0. The number of thiophene rings is 1. The standard InChI is InChI=1S/C12H20BrN3O2S2/c1-9(8-16-4-2-3-5-16)15-20(17,18)11-6-10(7-14)19-12(11)13/h6,9,15H,2-5,7-8,14H2,1H3. The maximum atomic E-state index is 12.4. The molecule has 2 rings (SSSR count). The zero-order chi connectivity index (χ0) is 14.8. The Morgan fingerprint density at radius 2 is 2.15 bits per heavy atom. The van der Waals surface area contributed by atoms with Crippen LogP contribution in [0.5, 0.6) is 0 Å². The van der Waals surface area contributed by atoms with Crippen molar-refractivity contribution in [3.8, 4) is 0 Å². The van der Waals surface area contributed by atoms with Gasteiger partial charge in [-0.15, -0.1) is 11.3 Å². The first-order chi connectivity index (χ1) is 9.42. The Bertz CT molecular complexity index is 553. The lowest BCUT2D eigenvalue weighted by Gasteiger charge is -2.20. The summed E-state index contributed by atoms with van der Waals surface area (Å²) in [6.07, 6.45) is 2.41. The number of nitrogens with one attached hydrogen (secondary N) is 1. The summed E-state index contributed by atoms with van der Waals surface area (Å²) < 4.78 is 28.1. The molecule has 0 bridgehead atoms. The van der Waals surface area contributed by atoms with Gasteiger partial charge in [0.1, 0.15) is 4.90 Å². The molecular formula is C12H20BrN3O2S2. The van der Waals surface area contributed by atoms with Gasteiger partial charge in [-0.2, -0.15) is 0 Å². The van der Waals surface area contributed by atoms with E-state index in [9.17, 15) is 8.42 Å². The number of rotatable bonds is 6. The van der Waals surface area contributed by atoms with E-state index in [1.165, 1.54) is 24.2 Å². The molecule has 3 N–H and O–H groups in total. The minimum absolute atomic E-state index is 0.105. The maximum Gasteiger partial charge on any atom is 0.242 e.